The summed E-state index contributed by atoms with van der Waals surface area (Å²) in [5.74, 6) is 1.50. The van der Waals surface area contributed by atoms with Gasteiger partial charge < -0.3 is 29.6 Å². The first-order valence-corrected chi connectivity index (χ1v) is 12.1. The average molecular weight is 507 g/mol. The minimum atomic E-state index is -0.936. The number of Topliss-reactive ketones (excluding diaryl/α,β-unsaturated/α-hetero) is 1. The number of nitrogens with zero attached hydrogens (tertiary/aromatic N) is 3. The highest BCUT2D eigenvalue weighted by Crippen LogP contribution is 2.45. The molecule has 0 radical (unpaired) electrons. The van der Waals surface area contributed by atoms with Crippen LogP contribution in [0.2, 0.25) is 0 Å². The second-order valence-corrected chi connectivity index (χ2v) is 9.47. The number of fused-ring (bicyclic) bond motifs is 2. The van der Waals surface area contributed by atoms with Gasteiger partial charge in [0.2, 0.25) is 17.6 Å². The summed E-state index contributed by atoms with van der Waals surface area (Å²) in [5.41, 5.74) is 6.74. The molecule has 37 heavy (non-hydrogen) atoms. The first-order chi connectivity index (χ1) is 17.8. The van der Waals surface area contributed by atoms with Crippen LogP contribution in [0.1, 0.15) is 30.1 Å². The number of hydrogen-bond donors (Lipinski definition) is 1. The lowest BCUT2D eigenvalue weighted by Gasteiger charge is -2.36. The van der Waals surface area contributed by atoms with Crippen LogP contribution < -0.4 is 24.8 Å². The molecule has 1 fully saturated rings. The molecule has 2 N–H and O–H groups in total. The van der Waals surface area contributed by atoms with Crippen molar-refractivity contribution in [3.63, 3.8) is 0 Å². The molecular weight excluding hydrogens is 476 g/mol. The first-order valence-electron chi connectivity index (χ1n) is 12.1. The number of primary amides is 1. The Hall–Kier alpha value is -3.92. The molecule has 0 bridgehead atoms. The van der Waals surface area contributed by atoms with Crippen molar-refractivity contribution in [2.24, 2.45) is 11.7 Å². The van der Waals surface area contributed by atoms with E-state index in [1.54, 1.807) is 33.7 Å². The van der Waals surface area contributed by atoms with Crippen LogP contribution in [0.5, 0.6) is 17.2 Å². The lowest BCUT2D eigenvalue weighted by molar-refractivity contribution is -0.123. The van der Waals surface area contributed by atoms with E-state index in [1.807, 2.05) is 30.0 Å². The third-order valence-electron chi connectivity index (χ3n) is 7.64. The van der Waals surface area contributed by atoms with E-state index in [2.05, 4.69) is 9.97 Å². The lowest BCUT2D eigenvalue weighted by atomic mass is 9.83. The zero-order valence-corrected chi connectivity index (χ0v) is 21.4. The Morgan fingerprint density at radius 3 is 2.49 bits per heavy atom. The number of carbonyl (C=O) groups is 2. The van der Waals surface area contributed by atoms with E-state index in [1.165, 1.54) is 0 Å². The highest BCUT2D eigenvalue weighted by atomic mass is 16.5. The SMILES string of the molecule is COCCC1CCN(c2ncc(-c3c4c(cc5cc(OC)c(OC)cc35)OCC4=O)cn2)C1(C)C(N)=O. The summed E-state index contributed by atoms with van der Waals surface area (Å²) in [7, 11) is 4.78. The third kappa shape index (κ3) is 3.92. The van der Waals surface area contributed by atoms with Crippen molar-refractivity contribution in [1.82, 2.24) is 9.97 Å². The van der Waals surface area contributed by atoms with Crippen LogP contribution in [-0.2, 0) is 9.53 Å². The Morgan fingerprint density at radius 1 is 1.14 bits per heavy atom. The summed E-state index contributed by atoms with van der Waals surface area (Å²) in [4.78, 5) is 36.6. The summed E-state index contributed by atoms with van der Waals surface area (Å²) in [5, 5.41) is 1.61. The van der Waals surface area contributed by atoms with Crippen molar-refractivity contribution < 1.29 is 28.5 Å². The molecular formula is C27H30N4O6. The van der Waals surface area contributed by atoms with Gasteiger partial charge in [-0.3, -0.25) is 9.59 Å². The van der Waals surface area contributed by atoms with E-state index in [4.69, 9.17) is 24.7 Å². The molecule has 3 heterocycles. The third-order valence-corrected chi connectivity index (χ3v) is 7.64. The minimum Gasteiger partial charge on any atom is -0.493 e. The minimum absolute atomic E-state index is 0.0202. The van der Waals surface area contributed by atoms with Crippen LogP contribution in [0, 0.1) is 5.92 Å². The monoisotopic (exact) mass is 506 g/mol. The molecule has 5 rings (SSSR count). The molecule has 0 saturated carbocycles. The van der Waals surface area contributed by atoms with Gasteiger partial charge in [-0.2, -0.15) is 0 Å². The summed E-state index contributed by atoms with van der Waals surface area (Å²) in [6.45, 7) is 2.95. The van der Waals surface area contributed by atoms with Gasteiger partial charge in [0.15, 0.2) is 18.1 Å². The average Bonchev–Trinajstić information content (AvgIpc) is 3.45. The van der Waals surface area contributed by atoms with Gasteiger partial charge in [-0.05, 0) is 54.7 Å². The van der Waals surface area contributed by atoms with Gasteiger partial charge in [-0.15, -0.1) is 0 Å². The fourth-order valence-electron chi connectivity index (χ4n) is 5.54. The molecule has 194 valence electrons. The van der Waals surface area contributed by atoms with Gasteiger partial charge in [-0.1, -0.05) is 0 Å². The van der Waals surface area contributed by atoms with E-state index in [0.29, 0.717) is 59.5 Å². The maximum atomic E-state index is 12.8. The Labute approximate surface area is 214 Å². The molecule has 0 spiro atoms. The Morgan fingerprint density at radius 2 is 1.84 bits per heavy atom. The number of aromatic nitrogens is 2. The number of ketones is 1. The van der Waals surface area contributed by atoms with E-state index < -0.39 is 11.4 Å². The Kier molecular flexibility index (Phi) is 6.36. The maximum Gasteiger partial charge on any atom is 0.243 e. The zero-order valence-electron chi connectivity index (χ0n) is 21.4. The predicted octanol–water partition coefficient (Wildman–Crippen LogP) is 3.00. The highest BCUT2D eigenvalue weighted by Gasteiger charge is 2.50. The molecule has 3 aromatic rings. The van der Waals surface area contributed by atoms with Crippen LogP contribution in [0.3, 0.4) is 0 Å². The molecule has 1 aromatic heterocycles. The number of nitrogens with two attached hydrogens (primary N) is 1. The molecule has 2 aliphatic heterocycles. The van der Waals surface area contributed by atoms with Crippen molar-refractivity contribution in [3.05, 3.63) is 36.2 Å². The molecule has 10 heteroatoms. The Balaban J connectivity index is 1.60. The standard InChI is InChI=1S/C27H30N4O6/c1-27(25(28)33)17(6-8-34-2)5-7-31(27)26-29-12-16(13-30-26)23-18-11-21(36-4)20(35-3)9-15(18)10-22-24(23)19(32)14-37-22/h9-13,17H,5-8,14H2,1-4H3,(H2,28,33). The van der Waals surface area contributed by atoms with E-state index >= 15 is 0 Å². The predicted molar refractivity (Wildman–Crippen MR) is 137 cm³/mol. The van der Waals surface area contributed by atoms with Crippen LogP contribution >= 0.6 is 0 Å². The second-order valence-electron chi connectivity index (χ2n) is 9.47. The number of carbonyl (C=O) groups excluding carboxylic acids is 2. The quantitative estimate of drug-likeness (QED) is 0.491. The van der Waals surface area contributed by atoms with E-state index in [-0.39, 0.29) is 18.3 Å². The number of ether oxygens (including phenoxy) is 4. The number of rotatable bonds is 8. The molecule has 1 amide bonds. The summed E-state index contributed by atoms with van der Waals surface area (Å²) < 4.78 is 21.9. The smallest absolute Gasteiger partial charge is 0.243 e. The summed E-state index contributed by atoms with van der Waals surface area (Å²) in [6, 6.07) is 5.52. The topological polar surface area (TPSA) is 126 Å². The van der Waals surface area contributed by atoms with Gasteiger partial charge in [0.1, 0.15) is 11.3 Å². The van der Waals surface area contributed by atoms with Crippen molar-refractivity contribution >= 4 is 28.4 Å². The normalized spacial score (nSPS) is 20.7. The summed E-state index contributed by atoms with van der Waals surface area (Å²) in [6.07, 6.45) is 4.82. The fourth-order valence-corrected chi connectivity index (χ4v) is 5.54. The van der Waals surface area contributed by atoms with Crippen molar-refractivity contribution in [3.8, 4) is 28.4 Å². The number of amides is 1. The van der Waals surface area contributed by atoms with Crippen LogP contribution in [-0.4, -0.2) is 68.3 Å². The lowest BCUT2D eigenvalue weighted by Crippen LogP contribution is -2.56. The zero-order chi connectivity index (χ0) is 26.3. The number of methoxy groups -OCH3 is 3. The number of benzene rings is 2. The van der Waals surface area contributed by atoms with Gasteiger partial charge in [0.25, 0.3) is 0 Å². The van der Waals surface area contributed by atoms with E-state index in [0.717, 1.165) is 17.2 Å². The van der Waals surface area contributed by atoms with Crippen LogP contribution in [0.15, 0.2) is 30.6 Å². The molecule has 2 unspecified atom stereocenters. The van der Waals surface area contributed by atoms with E-state index in [9.17, 15) is 9.59 Å². The number of hydrogen-bond acceptors (Lipinski definition) is 9. The highest BCUT2D eigenvalue weighted by molar-refractivity contribution is 6.15. The molecule has 2 aromatic carbocycles. The van der Waals surface area contributed by atoms with Gasteiger partial charge in [0, 0.05) is 43.8 Å². The number of anilines is 1. The molecule has 2 atom stereocenters. The van der Waals surface area contributed by atoms with Gasteiger partial charge in [-0.25, -0.2) is 9.97 Å². The molecule has 10 nitrogen and oxygen atoms in total. The largest absolute Gasteiger partial charge is 0.493 e. The van der Waals surface area contributed by atoms with Crippen LogP contribution in [0.4, 0.5) is 5.95 Å². The van der Waals surface area contributed by atoms with Crippen molar-refractivity contribution in [2.75, 3.05) is 46.0 Å². The first kappa shape index (κ1) is 24.8. The molecule has 2 aliphatic rings. The molecule has 0 aliphatic carbocycles. The fraction of sp³-hybridized carbons (Fsp3) is 0.407. The summed E-state index contributed by atoms with van der Waals surface area (Å²) >= 11 is 0. The maximum absolute atomic E-state index is 12.8. The molecule has 1 saturated heterocycles. The van der Waals surface area contributed by atoms with Crippen molar-refractivity contribution in [1.29, 1.82) is 0 Å². The van der Waals surface area contributed by atoms with Gasteiger partial charge in [0.05, 0.1) is 19.8 Å². The van der Waals surface area contributed by atoms with Crippen molar-refractivity contribution in [2.45, 2.75) is 25.3 Å². The second kappa shape index (κ2) is 9.51. The Bertz CT molecular complexity index is 1380. The van der Waals surface area contributed by atoms with Gasteiger partial charge >= 0.3 is 0 Å². The van der Waals surface area contributed by atoms with Crippen LogP contribution in [0.25, 0.3) is 21.9 Å².